The fourth-order valence-electron chi connectivity index (χ4n) is 3.67. The molecule has 1 aliphatic heterocycles. The van der Waals surface area contributed by atoms with Crippen molar-refractivity contribution in [3.63, 3.8) is 0 Å². The van der Waals surface area contributed by atoms with Gasteiger partial charge in [0, 0.05) is 31.2 Å². The van der Waals surface area contributed by atoms with E-state index in [1.165, 1.54) is 12.1 Å². The summed E-state index contributed by atoms with van der Waals surface area (Å²) in [7, 11) is 4.03. The quantitative estimate of drug-likeness (QED) is 0.923. The Balaban J connectivity index is 2.18. The van der Waals surface area contributed by atoms with E-state index >= 15 is 0 Å². The zero-order valence-electron chi connectivity index (χ0n) is 13.9. The maximum absolute atomic E-state index is 13.0. The Morgan fingerprint density at radius 3 is 2.24 bits per heavy atom. The summed E-state index contributed by atoms with van der Waals surface area (Å²) >= 11 is 0. The van der Waals surface area contributed by atoms with Crippen molar-refractivity contribution in [3.8, 4) is 0 Å². The standard InChI is InChI=1S/C17H27FN2O/c1-16(2)14(15(19-5)17(3,4)21-16)11-20(6)13-9-7-12(18)8-10-13/h7-10,14-15,19H,11H2,1-6H3. The normalized spacial score (nSPS) is 26.8. The SMILES string of the molecule is CNC1C(CN(C)c2ccc(F)cc2)C(C)(C)OC1(C)C. The first-order valence-corrected chi connectivity index (χ1v) is 7.51. The first kappa shape index (κ1) is 16.2. The van der Waals surface area contributed by atoms with E-state index in [0.717, 1.165) is 12.2 Å². The smallest absolute Gasteiger partial charge is 0.123 e. The number of hydrogen-bond acceptors (Lipinski definition) is 3. The van der Waals surface area contributed by atoms with E-state index in [2.05, 4.69) is 37.9 Å². The molecule has 0 aromatic heterocycles. The van der Waals surface area contributed by atoms with Gasteiger partial charge in [0.05, 0.1) is 11.2 Å². The van der Waals surface area contributed by atoms with Gasteiger partial charge >= 0.3 is 0 Å². The minimum Gasteiger partial charge on any atom is -0.374 e. The lowest BCUT2D eigenvalue weighted by Gasteiger charge is -2.33. The molecule has 2 atom stereocenters. The minimum absolute atomic E-state index is 0.202. The van der Waals surface area contributed by atoms with Gasteiger partial charge < -0.3 is 15.0 Å². The van der Waals surface area contributed by atoms with Gasteiger partial charge in [0.25, 0.3) is 0 Å². The Morgan fingerprint density at radius 1 is 1.14 bits per heavy atom. The highest BCUT2D eigenvalue weighted by atomic mass is 19.1. The van der Waals surface area contributed by atoms with Crippen LogP contribution in [0.1, 0.15) is 27.7 Å². The number of ether oxygens (including phenoxy) is 1. The summed E-state index contributed by atoms with van der Waals surface area (Å²) in [6.45, 7) is 9.42. The van der Waals surface area contributed by atoms with E-state index in [1.807, 2.05) is 26.2 Å². The minimum atomic E-state index is -0.203. The maximum atomic E-state index is 13.0. The van der Waals surface area contributed by atoms with Crippen molar-refractivity contribution in [3.05, 3.63) is 30.1 Å². The Morgan fingerprint density at radius 2 is 1.71 bits per heavy atom. The molecule has 118 valence electrons. The average molecular weight is 294 g/mol. The van der Waals surface area contributed by atoms with Crippen LogP contribution in [0.3, 0.4) is 0 Å². The number of nitrogens with zero attached hydrogens (tertiary/aromatic N) is 1. The van der Waals surface area contributed by atoms with Crippen molar-refractivity contribution in [1.29, 1.82) is 0 Å². The van der Waals surface area contributed by atoms with Crippen molar-refractivity contribution in [2.24, 2.45) is 5.92 Å². The molecular weight excluding hydrogens is 267 g/mol. The number of rotatable bonds is 4. The van der Waals surface area contributed by atoms with E-state index in [0.29, 0.717) is 5.92 Å². The Bertz CT molecular complexity index is 484. The third-order valence-corrected chi connectivity index (χ3v) is 4.62. The van der Waals surface area contributed by atoms with E-state index < -0.39 is 0 Å². The van der Waals surface area contributed by atoms with Crippen molar-refractivity contribution in [2.75, 3.05) is 25.5 Å². The van der Waals surface area contributed by atoms with Crippen LogP contribution in [-0.2, 0) is 4.74 Å². The molecule has 0 bridgehead atoms. The molecule has 4 heteroatoms. The third kappa shape index (κ3) is 3.22. The first-order chi connectivity index (χ1) is 9.67. The van der Waals surface area contributed by atoms with E-state index in [9.17, 15) is 4.39 Å². The molecule has 1 aliphatic rings. The number of hydrogen-bond donors (Lipinski definition) is 1. The molecule has 1 aromatic carbocycles. The van der Waals surface area contributed by atoms with Crippen LogP contribution in [0.15, 0.2) is 24.3 Å². The lowest BCUT2D eigenvalue weighted by molar-refractivity contribution is -0.0768. The molecule has 1 saturated heterocycles. The molecule has 2 rings (SSSR count). The van der Waals surface area contributed by atoms with Crippen LogP contribution < -0.4 is 10.2 Å². The maximum Gasteiger partial charge on any atom is 0.123 e. The van der Waals surface area contributed by atoms with Gasteiger partial charge in [-0.1, -0.05) is 0 Å². The van der Waals surface area contributed by atoms with E-state index in [1.54, 1.807) is 0 Å². The number of halogens is 1. The van der Waals surface area contributed by atoms with Crippen LogP contribution in [0.4, 0.5) is 10.1 Å². The molecule has 0 aliphatic carbocycles. The van der Waals surface area contributed by atoms with Crippen LogP contribution in [-0.4, -0.2) is 37.9 Å². The molecule has 1 fully saturated rings. The van der Waals surface area contributed by atoms with Gasteiger partial charge in [0.1, 0.15) is 5.82 Å². The Kier molecular flexibility index (Phi) is 4.31. The fourth-order valence-corrected chi connectivity index (χ4v) is 3.67. The zero-order chi connectivity index (χ0) is 15.8. The van der Waals surface area contributed by atoms with Gasteiger partial charge in [-0.25, -0.2) is 4.39 Å². The van der Waals surface area contributed by atoms with Crippen LogP contribution in [0, 0.1) is 11.7 Å². The zero-order valence-corrected chi connectivity index (χ0v) is 13.9. The summed E-state index contributed by atoms with van der Waals surface area (Å²) in [6, 6.07) is 6.91. The van der Waals surface area contributed by atoms with Gasteiger partial charge in [0.2, 0.25) is 0 Å². The Hall–Kier alpha value is -1.13. The second kappa shape index (κ2) is 5.58. The van der Waals surface area contributed by atoms with Gasteiger partial charge in [-0.05, 0) is 59.0 Å². The van der Waals surface area contributed by atoms with Crippen LogP contribution in [0.25, 0.3) is 0 Å². The molecule has 1 aromatic rings. The van der Waals surface area contributed by atoms with Crippen LogP contribution in [0.5, 0.6) is 0 Å². The number of anilines is 1. The summed E-state index contributed by atoms with van der Waals surface area (Å²) in [5.41, 5.74) is 0.615. The van der Waals surface area contributed by atoms with Crippen LogP contribution in [0.2, 0.25) is 0 Å². The molecule has 2 unspecified atom stereocenters. The highest BCUT2D eigenvalue weighted by Crippen LogP contribution is 2.42. The second-order valence-corrected chi connectivity index (χ2v) is 7.04. The largest absolute Gasteiger partial charge is 0.374 e. The first-order valence-electron chi connectivity index (χ1n) is 7.51. The topological polar surface area (TPSA) is 24.5 Å². The molecule has 0 spiro atoms. The average Bonchev–Trinajstić information content (AvgIpc) is 2.54. The lowest BCUT2D eigenvalue weighted by Crippen LogP contribution is -2.49. The monoisotopic (exact) mass is 294 g/mol. The number of benzene rings is 1. The third-order valence-electron chi connectivity index (χ3n) is 4.62. The molecule has 0 saturated carbocycles. The molecule has 3 nitrogen and oxygen atoms in total. The van der Waals surface area contributed by atoms with Crippen LogP contribution >= 0.6 is 0 Å². The second-order valence-electron chi connectivity index (χ2n) is 7.04. The van der Waals surface area contributed by atoms with Crippen molar-refractivity contribution >= 4 is 5.69 Å². The van der Waals surface area contributed by atoms with Crippen molar-refractivity contribution in [2.45, 2.75) is 44.9 Å². The highest BCUT2D eigenvalue weighted by molar-refractivity contribution is 5.45. The lowest BCUT2D eigenvalue weighted by atomic mass is 9.82. The predicted octanol–water partition coefficient (Wildman–Crippen LogP) is 3.05. The number of nitrogens with one attached hydrogen (secondary N) is 1. The summed E-state index contributed by atoms with van der Waals surface area (Å²) in [4.78, 5) is 2.17. The van der Waals surface area contributed by atoms with E-state index in [4.69, 9.17) is 4.74 Å². The Labute approximate surface area is 127 Å². The molecule has 1 N–H and O–H groups in total. The summed E-state index contributed by atoms with van der Waals surface area (Å²) in [5, 5.41) is 3.41. The predicted molar refractivity (Wildman–Crippen MR) is 85.3 cm³/mol. The summed E-state index contributed by atoms with van der Waals surface area (Å²) < 4.78 is 19.3. The van der Waals surface area contributed by atoms with Gasteiger partial charge in [-0.2, -0.15) is 0 Å². The molecule has 0 amide bonds. The fraction of sp³-hybridized carbons (Fsp3) is 0.647. The van der Waals surface area contributed by atoms with Gasteiger partial charge in [0.15, 0.2) is 0 Å². The molecule has 1 heterocycles. The summed E-state index contributed by atoms with van der Waals surface area (Å²) in [6.07, 6.45) is 0. The van der Waals surface area contributed by atoms with Gasteiger partial charge in [-0.15, -0.1) is 0 Å². The van der Waals surface area contributed by atoms with Gasteiger partial charge in [-0.3, -0.25) is 0 Å². The summed E-state index contributed by atoms with van der Waals surface area (Å²) in [5.74, 6) is 0.137. The highest BCUT2D eigenvalue weighted by Gasteiger charge is 2.53. The van der Waals surface area contributed by atoms with E-state index in [-0.39, 0.29) is 23.1 Å². The molecule has 0 radical (unpaired) electrons. The van der Waals surface area contributed by atoms with Crippen molar-refractivity contribution in [1.82, 2.24) is 5.32 Å². The molecular formula is C17H27FN2O. The van der Waals surface area contributed by atoms with Crippen molar-refractivity contribution < 1.29 is 9.13 Å². The number of likely N-dealkylation sites (N-methyl/N-ethyl adjacent to an activating group) is 1. The molecule has 21 heavy (non-hydrogen) atoms.